The molecule has 0 fully saturated rings. The van der Waals surface area contributed by atoms with Gasteiger partial charge in [-0.05, 0) is 50.2 Å². The fourth-order valence-corrected chi connectivity index (χ4v) is 4.05. The lowest BCUT2D eigenvalue weighted by Gasteiger charge is -2.36. The van der Waals surface area contributed by atoms with E-state index in [-0.39, 0.29) is 18.4 Å². The smallest absolute Gasteiger partial charge is 0.303 e. The molecule has 1 aliphatic rings. The van der Waals surface area contributed by atoms with Crippen molar-refractivity contribution in [2.24, 2.45) is 0 Å². The van der Waals surface area contributed by atoms with E-state index in [4.69, 9.17) is 14.6 Å². The van der Waals surface area contributed by atoms with Crippen LogP contribution in [0.2, 0.25) is 0 Å². The Hall–Kier alpha value is -2.24. The molecule has 1 atom stereocenters. The van der Waals surface area contributed by atoms with Gasteiger partial charge in [0.2, 0.25) is 5.91 Å². The third-order valence-corrected chi connectivity index (χ3v) is 5.44. The second kappa shape index (κ2) is 10.9. The highest BCUT2D eigenvalue weighted by Gasteiger charge is 2.29. The summed E-state index contributed by atoms with van der Waals surface area (Å²) < 4.78 is 11.0. The van der Waals surface area contributed by atoms with Crippen LogP contribution in [0, 0.1) is 0 Å². The molecule has 1 unspecified atom stereocenters. The van der Waals surface area contributed by atoms with Gasteiger partial charge in [-0.15, -0.1) is 0 Å². The van der Waals surface area contributed by atoms with Crippen molar-refractivity contribution >= 4 is 11.9 Å². The summed E-state index contributed by atoms with van der Waals surface area (Å²) >= 11 is 0. The van der Waals surface area contributed by atoms with Gasteiger partial charge >= 0.3 is 5.97 Å². The lowest BCUT2D eigenvalue weighted by Crippen LogP contribution is -2.43. The zero-order chi connectivity index (χ0) is 20.5. The Morgan fingerprint density at radius 1 is 1.14 bits per heavy atom. The van der Waals surface area contributed by atoms with Gasteiger partial charge in [0.15, 0.2) is 11.5 Å². The van der Waals surface area contributed by atoms with E-state index < -0.39 is 5.97 Å². The molecule has 0 radical (unpaired) electrons. The standard InChI is InChI=1S/C22H33NO5/c1-4-14-23(20(24)8-6-5-7-9-21(25)26)17-11-12-18-16(15-17)10-13-19(27-2)22(18)28-3/h10,13,17H,4-9,11-12,14-15H2,1-3H3,(H,25,26). The Bertz CT molecular complexity index is 673. The number of unbranched alkanes of at least 4 members (excludes halogenated alkanes) is 2. The van der Waals surface area contributed by atoms with Crippen molar-refractivity contribution in [3.05, 3.63) is 23.3 Å². The number of aliphatic carboxylic acids is 1. The largest absolute Gasteiger partial charge is 0.493 e. The fraction of sp³-hybridized carbons (Fsp3) is 0.636. The van der Waals surface area contributed by atoms with Crippen molar-refractivity contribution < 1.29 is 24.2 Å². The van der Waals surface area contributed by atoms with Crippen LogP contribution in [-0.2, 0) is 22.4 Å². The molecule has 156 valence electrons. The lowest BCUT2D eigenvalue weighted by atomic mass is 9.86. The molecule has 2 rings (SSSR count). The number of carboxylic acid groups (broad SMARTS) is 1. The van der Waals surface area contributed by atoms with E-state index in [1.165, 1.54) is 11.1 Å². The minimum absolute atomic E-state index is 0.178. The zero-order valence-electron chi connectivity index (χ0n) is 17.3. The Morgan fingerprint density at radius 2 is 1.89 bits per heavy atom. The molecule has 0 aromatic heterocycles. The molecule has 0 heterocycles. The number of hydrogen-bond acceptors (Lipinski definition) is 4. The molecular formula is C22H33NO5. The van der Waals surface area contributed by atoms with E-state index >= 15 is 0 Å². The van der Waals surface area contributed by atoms with Gasteiger partial charge in [0.25, 0.3) is 0 Å². The molecule has 1 aliphatic carbocycles. The number of ether oxygens (including phenoxy) is 2. The first-order valence-corrected chi connectivity index (χ1v) is 10.3. The third kappa shape index (κ3) is 5.63. The maximum Gasteiger partial charge on any atom is 0.303 e. The zero-order valence-corrected chi connectivity index (χ0v) is 17.3. The molecule has 0 aliphatic heterocycles. The number of carbonyl (C=O) groups is 2. The highest BCUT2D eigenvalue weighted by atomic mass is 16.5. The maximum absolute atomic E-state index is 12.8. The maximum atomic E-state index is 12.8. The molecule has 0 bridgehead atoms. The monoisotopic (exact) mass is 391 g/mol. The number of carbonyl (C=O) groups excluding carboxylic acids is 1. The van der Waals surface area contributed by atoms with Crippen LogP contribution in [0.3, 0.4) is 0 Å². The van der Waals surface area contributed by atoms with Gasteiger partial charge in [0.1, 0.15) is 0 Å². The summed E-state index contributed by atoms with van der Waals surface area (Å²) in [6, 6.07) is 4.23. The van der Waals surface area contributed by atoms with Gasteiger partial charge < -0.3 is 19.5 Å². The Kier molecular flexibility index (Phi) is 8.61. The predicted octanol–water partition coefficient (Wildman–Crippen LogP) is 3.83. The van der Waals surface area contributed by atoms with Gasteiger partial charge in [-0.25, -0.2) is 0 Å². The van der Waals surface area contributed by atoms with Crippen LogP contribution in [0.4, 0.5) is 0 Å². The van der Waals surface area contributed by atoms with Crippen LogP contribution in [0.5, 0.6) is 11.5 Å². The number of nitrogens with zero attached hydrogens (tertiary/aromatic N) is 1. The topological polar surface area (TPSA) is 76.1 Å². The van der Waals surface area contributed by atoms with Gasteiger partial charge in [-0.3, -0.25) is 9.59 Å². The molecule has 0 spiro atoms. The van der Waals surface area contributed by atoms with Crippen LogP contribution >= 0.6 is 0 Å². The minimum Gasteiger partial charge on any atom is -0.493 e. The van der Waals surface area contributed by atoms with Crippen molar-refractivity contribution in [1.29, 1.82) is 0 Å². The number of rotatable bonds is 11. The average molecular weight is 392 g/mol. The van der Waals surface area contributed by atoms with E-state index in [9.17, 15) is 9.59 Å². The highest BCUT2D eigenvalue weighted by Crippen LogP contribution is 2.38. The van der Waals surface area contributed by atoms with Gasteiger partial charge in [0.05, 0.1) is 14.2 Å². The Labute approximate surface area is 167 Å². The van der Waals surface area contributed by atoms with Gasteiger partial charge in [0, 0.05) is 31.0 Å². The summed E-state index contributed by atoms with van der Waals surface area (Å²) in [4.78, 5) is 25.5. The molecule has 6 heteroatoms. The number of amides is 1. The summed E-state index contributed by atoms with van der Waals surface area (Å²) in [6.07, 6.45) is 6.39. The first-order chi connectivity index (χ1) is 13.5. The SMILES string of the molecule is CCCN(C(=O)CCCCCC(=O)O)C1CCc2c(ccc(OC)c2OC)C1. The van der Waals surface area contributed by atoms with Crippen molar-refractivity contribution in [2.45, 2.75) is 70.8 Å². The number of hydrogen-bond donors (Lipinski definition) is 1. The predicted molar refractivity (Wildman–Crippen MR) is 108 cm³/mol. The molecule has 1 N–H and O–H groups in total. The van der Waals surface area contributed by atoms with Crippen molar-refractivity contribution in [3.8, 4) is 11.5 Å². The van der Waals surface area contributed by atoms with Crippen molar-refractivity contribution in [1.82, 2.24) is 4.90 Å². The molecule has 0 saturated carbocycles. The van der Waals surface area contributed by atoms with Crippen LogP contribution in [0.15, 0.2) is 12.1 Å². The third-order valence-electron chi connectivity index (χ3n) is 5.44. The summed E-state index contributed by atoms with van der Waals surface area (Å²) in [5, 5.41) is 8.71. The van der Waals surface area contributed by atoms with E-state index in [0.717, 1.165) is 56.6 Å². The van der Waals surface area contributed by atoms with Crippen LogP contribution < -0.4 is 9.47 Å². The Morgan fingerprint density at radius 3 is 2.54 bits per heavy atom. The molecule has 1 aromatic rings. The van der Waals surface area contributed by atoms with E-state index in [1.54, 1.807) is 14.2 Å². The molecule has 0 saturated heterocycles. The molecule has 28 heavy (non-hydrogen) atoms. The van der Waals surface area contributed by atoms with Crippen LogP contribution in [0.1, 0.15) is 63.0 Å². The summed E-state index contributed by atoms with van der Waals surface area (Å²) in [5.41, 5.74) is 2.42. The highest BCUT2D eigenvalue weighted by molar-refractivity contribution is 5.76. The number of fused-ring (bicyclic) bond motifs is 1. The summed E-state index contributed by atoms with van der Waals surface area (Å²) in [7, 11) is 3.31. The molecular weight excluding hydrogens is 358 g/mol. The summed E-state index contributed by atoms with van der Waals surface area (Å²) in [6.45, 7) is 2.86. The van der Waals surface area contributed by atoms with Crippen molar-refractivity contribution in [2.75, 3.05) is 20.8 Å². The number of benzene rings is 1. The molecule has 1 aromatic carbocycles. The van der Waals surface area contributed by atoms with E-state index in [2.05, 4.69) is 13.0 Å². The minimum atomic E-state index is -0.771. The van der Waals surface area contributed by atoms with E-state index in [1.807, 2.05) is 11.0 Å². The van der Waals surface area contributed by atoms with Gasteiger partial charge in [-0.1, -0.05) is 19.4 Å². The quantitative estimate of drug-likeness (QED) is 0.580. The van der Waals surface area contributed by atoms with E-state index in [0.29, 0.717) is 12.8 Å². The van der Waals surface area contributed by atoms with Crippen LogP contribution in [-0.4, -0.2) is 48.7 Å². The van der Waals surface area contributed by atoms with Crippen LogP contribution in [0.25, 0.3) is 0 Å². The molecule has 1 amide bonds. The first-order valence-electron chi connectivity index (χ1n) is 10.3. The fourth-order valence-electron chi connectivity index (χ4n) is 4.05. The molecule has 6 nitrogen and oxygen atoms in total. The van der Waals surface area contributed by atoms with Gasteiger partial charge in [-0.2, -0.15) is 0 Å². The number of methoxy groups -OCH3 is 2. The normalized spacial score (nSPS) is 15.6. The average Bonchev–Trinajstić information content (AvgIpc) is 2.69. The Balaban J connectivity index is 2.01. The lowest BCUT2D eigenvalue weighted by molar-refractivity contribution is -0.137. The second-order valence-electron chi connectivity index (χ2n) is 7.38. The number of carboxylic acids is 1. The first kappa shape index (κ1) is 22.1. The second-order valence-corrected chi connectivity index (χ2v) is 7.38. The summed E-state index contributed by atoms with van der Waals surface area (Å²) in [5.74, 6) is 0.978. The van der Waals surface area contributed by atoms with Crippen molar-refractivity contribution in [3.63, 3.8) is 0 Å².